The summed E-state index contributed by atoms with van der Waals surface area (Å²) in [5, 5.41) is 0.639. The van der Waals surface area contributed by atoms with Crippen LogP contribution in [0.5, 0.6) is 0 Å². The van der Waals surface area contributed by atoms with Crippen molar-refractivity contribution in [3.63, 3.8) is 0 Å². The number of thioether (sulfide) groups is 1. The summed E-state index contributed by atoms with van der Waals surface area (Å²) >= 11 is 8.90. The molecule has 0 radical (unpaired) electrons. The van der Waals surface area contributed by atoms with Crippen LogP contribution in [0.25, 0.3) is 10.2 Å². The van der Waals surface area contributed by atoms with Gasteiger partial charge in [0.05, 0.1) is 16.0 Å². The fourth-order valence-corrected chi connectivity index (χ4v) is 3.85. The monoisotopic (exact) mass is 319 g/mol. The van der Waals surface area contributed by atoms with Crippen molar-refractivity contribution in [1.82, 2.24) is 4.98 Å². The molecule has 0 amide bonds. The third-order valence-corrected chi connectivity index (χ3v) is 5.20. The SMILES string of the molecule is O=C(CSc1nc2ccccc2s1)c1ccc(Cl)cc1. The van der Waals surface area contributed by atoms with Crippen molar-refractivity contribution in [2.45, 2.75) is 4.34 Å². The van der Waals surface area contributed by atoms with E-state index < -0.39 is 0 Å². The lowest BCUT2D eigenvalue weighted by Gasteiger charge is -1.99. The predicted molar refractivity (Wildman–Crippen MR) is 86.1 cm³/mol. The Labute approximate surface area is 129 Å². The van der Waals surface area contributed by atoms with Crippen molar-refractivity contribution in [3.05, 3.63) is 59.1 Å². The number of hydrogen-bond acceptors (Lipinski definition) is 4. The molecule has 0 N–H and O–H groups in total. The summed E-state index contributed by atoms with van der Waals surface area (Å²) in [5.41, 5.74) is 1.67. The molecular weight excluding hydrogens is 310 g/mol. The first-order chi connectivity index (χ1) is 9.72. The number of thiazole rings is 1. The fraction of sp³-hybridized carbons (Fsp3) is 0.0667. The molecule has 0 bridgehead atoms. The maximum atomic E-state index is 12.1. The van der Waals surface area contributed by atoms with E-state index in [2.05, 4.69) is 4.98 Å². The van der Waals surface area contributed by atoms with E-state index in [1.165, 1.54) is 11.8 Å². The molecule has 0 aliphatic heterocycles. The molecule has 0 aliphatic carbocycles. The number of halogens is 1. The molecule has 1 heterocycles. The summed E-state index contributed by atoms with van der Waals surface area (Å²) in [4.78, 5) is 16.6. The number of rotatable bonds is 4. The molecule has 3 rings (SSSR count). The Kier molecular flexibility index (Phi) is 4.05. The van der Waals surface area contributed by atoms with Gasteiger partial charge in [-0.25, -0.2) is 4.98 Å². The van der Waals surface area contributed by atoms with Gasteiger partial charge in [-0.15, -0.1) is 11.3 Å². The topological polar surface area (TPSA) is 30.0 Å². The highest BCUT2D eigenvalue weighted by Crippen LogP contribution is 2.29. The molecule has 2 aromatic carbocycles. The van der Waals surface area contributed by atoms with Crippen LogP contribution in [-0.2, 0) is 0 Å². The Hall–Kier alpha value is -1.36. The number of benzene rings is 2. The molecule has 5 heteroatoms. The quantitative estimate of drug-likeness (QED) is 0.505. The summed E-state index contributed by atoms with van der Waals surface area (Å²) in [5.74, 6) is 0.479. The van der Waals surface area contributed by atoms with Gasteiger partial charge in [0.2, 0.25) is 0 Å². The minimum absolute atomic E-state index is 0.0888. The van der Waals surface area contributed by atoms with Crippen LogP contribution < -0.4 is 0 Å². The number of Topliss-reactive ketones (excluding diaryl/α,β-unsaturated/α-hetero) is 1. The smallest absolute Gasteiger partial charge is 0.173 e. The lowest BCUT2D eigenvalue weighted by atomic mass is 10.1. The number of ketones is 1. The number of aromatic nitrogens is 1. The Bertz CT molecular complexity index is 719. The van der Waals surface area contributed by atoms with Crippen LogP contribution in [-0.4, -0.2) is 16.5 Å². The van der Waals surface area contributed by atoms with Crippen LogP contribution in [0, 0.1) is 0 Å². The van der Waals surface area contributed by atoms with E-state index in [1.807, 2.05) is 24.3 Å². The number of para-hydroxylation sites is 1. The van der Waals surface area contributed by atoms with Gasteiger partial charge in [-0.05, 0) is 36.4 Å². The molecule has 3 aromatic rings. The maximum Gasteiger partial charge on any atom is 0.173 e. The Morgan fingerprint density at radius 3 is 2.65 bits per heavy atom. The largest absolute Gasteiger partial charge is 0.293 e. The molecule has 0 spiro atoms. The molecule has 0 saturated heterocycles. The number of carbonyl (C=O) groups excluding carboxylic acids is 1. The van der Waals surface area contributed by atoms with Gasteiger partial charge in [0.1, 0.15) is 0 Å². The zero-order valence-electron chi connectivity index (χ0n) is 10.4. The zero-order chi connectivity index (χ0) is 13.9. The summed E-state index contributed by atoms with van der Waals surface area (Å²) in [7, 11) is 0. The first kappa shape index (κ1) is 13.6. The standard InChI is InChI=1S/C15H10ClNOS2/c16-11-7-5-10(6-8-11)13(18)9-19-15-17-12-3-1-2-4-14(12)20-15/h1-8H,9H2. The minimum Gasteiger partial charge on any atom is -0.293 e. The van der Waals surface area contributed by atoms with Crippen molar-refractivity contribution in [3.8, 4) is 0 Å². The van der Waals surface area contributed by atoms with Crippen LogP contribution >= 0.6 is 34.7 Å². The van der Waals surface area contributed by atoms with Gasteiger partial charge in [-0.3, -0.25) is 4.79 Å². The lowest BCUT2D eigenvalue weighted by molar-refractivity contribution is 0.102. The van der Waals surface area contributed by atoms with Gasteiger partial charge in [-0.1, -0.05) is 35.5 Å². The van der Waals surface area contributed by atoms with Crippen LogP contribution in [0.15, 0.2) is 52.9 Å². The second-order valence-corrected chi connectivity index (χ2v) is 6.86. The highest BCUT2D eigenvalue weighted by Gasteiger charge is 2.09. The van der Waals surface area contributed by atoms with Gasteiger partial charge in [0.15, 0.2) is 10.1 Å². The summed E-state index contributed by atoms with van der Waals surface area (Å²) in [6.07, 6.45) is 0. The Morgan fingerprint density at radius 1 is 1.15 bits per heavy atom. The fourth-order valence-electron chi connectivity index (χ4n) is 1.76. The lowest BCUT2D eigenvalue weighted by Crippen LogP contribution is -2.01. The van der Waals surface area contributed by atoms with Crippen LogP contribution in [0.4, 0.5) is 0 Å². The average Bonchev–Trinajstić information content (AvgIpc) is 2.88. The molecule has 0 atom stereocenters. The second-order valence-electron chi connectivity index (χ2n) is 4.17. The van der Waals surface area contributed by atoms with Crippen molar-refractivity contribution in [2.24, 2.45) is 0 Å². The first-order valence-electron chi connectivity index (χ1n) is 5.99. The highest BCUT2D eigenvalue weighted by atomic mass is 35.5. The van der Waals surface area contributed by atoms with E-state index in [9.17, 15) is 4.79 Å². The van der Waals surface area contributed by atoms with E-state index >= 15 is 0 Å². The van der Waals surface area contributed by atoms with Crippen LogP contribution in [0.1, 0.15) is 10.4 Å². The molecule has 0 fully saturated rings. The predicted octanol–water partition coefficient (Wildman–Crippen LogP) is 4.92. The molecule has 0 saturated carbocycles. The van der Waals surface area contributed by atoms with E-state index in [0.29, 0.717) is 16.3 Å². The molecule has 1 aromatic heterocycles. The summed E-state index contributed by atoms with van der Waals surface area (Å²) in [6, 6.07) is 15.0. The van der Waals surface area contributed by atoms with Crippen molar-refractivity contribution in [2.75, 3.05) is 5.75 Å². The molecule has 20 heavy (non-hydrogen) atoms. The number of fused-ring (bicyclic) bond motifs is 1. The first-order valence-corrected chi connectivity index (χ1v) is 8.17. The number of nitrogens with zero attached hydrogens (tertiary/aromatic N) is 1. The van der Waals surface area contributed by atoms with Gasteiger partial charge in [0.25, 0.3) is 0 Å². The highest BCUT2D eigenvalue weighted by molar-refractivity contribution is 8.01. The van der Waals surface area contributed by atoms with Gasteiger partial charge < -0.3 is 0 Å². The Morgan fingerprint density at radius 2 is 1.90 bits per heavy atom. The zero-order valence-corrected chi connectivity index (χ0v) is 12.8. The third-order valence-electron chi connectivity index (χ3n) is 2.77. The van der Waals surface area contributed by atoms with E-state index in [1.54, 1.807) is 35.6 Å². The molecule has 0 aliphatic rings. The summed E-state index contributed by atoms with van der Waals surface area (Å²) in [6.45, 7) is 0. The van der Waals surface area contributed by atoms with Crippen LogP contribution in [0.3, 0.4) is 0 Å². The normalized spacial score (nSPS) is 10.8. The third kappa shape index (κ3) is 3.03. The number of hydrogen-bond donors (Lipinski definition) is 0. The molecule has 100 valence electrons. The molecular formula is C15H10ClNOS2. The summed E-state index contributed by atoms with van der Waals surface area (Å²) < 4.78 is 2.07. The van der Waals surface area contributed by atoms with Crippen LogP contribution in [0.2, 0.25) is 5.02 Å². The van der Waals surface area contributed by atoms with E-state index in [4.69, 9.17) is 11.6 Å². The minimum atomic E-state index is 0.0888. The Balaban J connectivity index is 1.69. The van der Waals surface area contributed by atoms with Crippen molar-refractivity contribution in [1.29, 1.82) is 0 Å². The van der Waals surface area contributed by atoms with Gasteiger partial charge in [0, 0.05) is 10.6 Å². The van der Waals surface area contributed by atoms with E-state index in [0.717, 1.165) is 14.6 Å². The van der Waals surface area contributed by atoms with Gasteiger partial charge in [-0.2, -0.15) is 0 Å². The number of carbonyl (C=O) groups is 1. The average molecular weight is 320 g/mol. The van der Waals surface area contributed by atoms with Crippen molar-refractivity contribution >= 4 is 50.7 Å². The second kappa shape index (κ2) is 5.95. The molecule has 0 unspecified atom stereocenters. The maximum absolute atomic E-state index is 12.1. The van der Waals surface area contributed by atoms with Gasteiger partial charge >= 0.3 is 0 Å². The molecule has 2 nitrogen and oxygen atoms in total. The van der Waals surface area contributed by atoms with E-state index in [-0.39, 0.29) is 5.78 Å². The van der Waals surface area contributed by atoms with Crippen molar-refractivity contribution < 1.29 is 4.79 Å².